The summed E-state index contributed by atoms with van der Waals surface area (Å²) in [5.41, 5.74) is 1.19. The number of likely N-dealkylation sites (tertiary alicyclic amines) is 1. The Morgan fingerprint density at radius 3 is 2.67 bits per heavy atom. The van der Waals surface area contributed by atoms with Gasteiger partial charge in [-0.05, 0) is 44.0 Å². The summed E-state index contributed by atoms with van der Waals surface area (Å²) in [6.45, 7) is 4.89. The molecule has 0 saturated carbocycles. The number of carbonyl (C=O) groups is 1. The molecule has 1 N–H and O–H groups in total. The van der Waals surface area contributed by atoms with Gasteiger partial charge in [-0.1, -0.05) is 13.0 Å². The summed E-state index contributed by atoms with van der Waals surface area (Å²) in [5.74, 6) is -0.0890. The fourth-order valence-corrected chi connectivity index (χ4v) is 5.59. The molecule has 2 fully saturated rings. The van der Waals surface area contributed by atoms with Crippen LogP contribution in [0.25, 0.3) is 0 Å². The van der Waals surface area contributed by atoms with Crippen molar-refractivity contribution in [2.45, 2.75) is 37.1 Å². The Hall–Kier alpha value is -1.48. The number of morpholine rings is 1. The molecule has 0 aromatic heterocycles. The van der Waals surface area contributed by atoms with Crippen molar-refractivity contribution >= 4 is 15.9 Å². The summed E-state index contributed by atoms with van der Waals surface area (Å²) in [6, 6.07) is 5.27. The molecule has 7 nitrogen and oxygen atoms in total. The number of hydrogen-bond acceptors (Lipinski definition) is 5. The van der Waals surface area contributed by atoms with Crippen LogP contribution in [0.2, 0.25) is 0 Å². The molecule has 150 valence electrons. The Labute approximate surface area is 161 Å². The third-order valence-corrected chi connectivity index (χ3v) is 7.34. The molecular weight excluding hydrogens is 366 g/mol. The summed E-state index contributed by atoms with van der Waals surface area (Å²) in [5, 5.41) is 3.13. The Bertz CT molecular complexity index is 775. The Morgan fingerprint density at radius 1 is 1.26 bits per heavy atom. The van der Waals surface area contributed by atoms with Gasteiger partial charge in [0.2, 0.25) is 10.0 Å². The standard InChI is InChI=1S/C19H29N3O4S/c1-3-15-6-7-16(19(23)22-8-4-5-17(22)14-20-2)13-18(15)27(24,25)21-9-11-26-12-10-21/h6-7,13,17,20H,3-5,8-12,14H2,1-2H3. The molecule has 0 radical (unpaired) electrons. The Kier molecular flexibility index (Phi) is 6.52. The first-order valence-electron chi connectivity index (χ1n) is 9.65. The van der Waals surface area contributed by atoms with E-state index in [-0.39, 0.29) is 16.8 Å². The second kappa shape index (κ2) is 8.68. The van der Waals surface area contributed by atoms with Gasteiger partial charge in [0.25, 0.3) is 5.91 Å². The highest BCUT2D eigenvalue weighted by atomic mass is 32.2. The van der Waals surface area contributed by atoms with Gasteiger partial charge in [-0.25, -0.2) is 8.42 Å². The highest BCUT2D eigenvalue weighted by Crippen LogP contribution is 2.26. The van der Waals surface area contributed by atoms with Crippen molar-refractivity contribution in [3.8, 4) is 0 Å². The van der Waals surface area contributed by atoms with Crippen LogP contribution in [0, 0.1) is 0 Å². The molecule has 27 heavy (non-hydrogen) atoms. The molecule has 1 unspecified atom stereocenters. The van der Waals surface area contributed by atoms with E-state index in [2.05, 4.69) is 5.32 Å². The van der Waals surface area contributed by atoms with Crippen molar-refractivity contribution in [2.24, 2.45) is 0 Å². The number of amides is 1. The minimum atomic E-state index is -3.64. The lowest BCUT2D eigenvalue weighted by Gasteiger charge is -2.28. The number of benzene rings is 1. The zero-order valence-electron chi connectivity index (χ0n) is 16.1. The second-order valence-electron chi connectivity index (χ2n) is 7.04. The number of nitrogens with zero attached hydrogens (tertiary/aromatic N) is 2. The number of carbonyl (C=O) groups excluding carboxylic acids is 1. The van der Waals surface area contributed by atoms with E-state index in [4.69, 9.17) is 4.74 Å². The van der Waals surface area contributed by atoms with E-state index in [9.17, 15) is 13.2 Å². The van der Waals surface area contributed by atoms with E-state index >= 15 is 0 Å². The Morgan fingerprint density at radius 2 is 2.00 bits per heavy atom. The third kappa shape index (κ3) is 4.18. The molecule has 1 aromatic carbocycles. The molecule has 2 heterocycles. The molecule has 0 bridgehead atoms. The van der Waals surface area contributed by atoms with Crippen LogP contribution in [0.1, 0.15) is 35.7 Å². The summed E-state index contributed by atoms with van der Waals surface area (Å²) < 4.78 is 33.1. The van der Waals surface area contributed by atoms with Crippen molar-refractivity contribution in [3.63, 3.8) is 0 Å². The van der Waals surface area contributed by atoms with Gasteiger partial charge < -0.3 is 15.0 Å². The average Bonchev–Trinajstić information content (AvgIpc) is 3.16. The third-order valence-electron chi connectivity index (χ3n) is 5.36. The molecule has 8 heteroatoms. The summed E-state index contributed by atoms with van der Waals surface area (Å²) in [6.07, 6.45) is 2.54. The number of aryl methyl sites for hydroxylation is 1. The number of rotatable bonds is 6. The smallest absolute Gasteiger partial charge is 0.254 e. The average molecular weight is 396 g/mol. The molecule has 1 amide bonds. The minimum absolute atomic E-state index is 0.0890. The van der Waals surface area contributed by atoms with Crippen LogP contribution in [0.4, 0.5) is 0 Å². The molecular formula is C19H29N3O4S. The molecule has 2 aliphatic rings. The zero-order chi connectivity index (χ0) is 19.4. The van der Waals surface area contributed by atoms with Crippen LogP contribution >= 0.6 is 0 Å². The van der Waals surface area contributed by atoms with Gasteiger partial charge >= 0.3 is 0 Å². The maximum Gasteiger partial charge on any atom is 0.254 e. The maximum atomic E-state index is 13.2. The summed E-state index contributed by atoms with van der Waals surface area (Å²) in [7, 11) is -1.76. The SMILES string of the molecule is CCc1ccc(C(=O)N2CCCC2CNC)cc1S(=O)(=O)N1CCOCC1. The predicted octanol–water partition coefficient (Wildman–Crippen LogP) is 1.09. The molecule has 1 atom stereocenters. The van der Waals surface area contributed by atoms with Crippen LogP contribution in [0.15, 0.2) is 23.1 Å². The van der Waals surface area contributed by atoms with Crippen molar-refractivity contribution in [1.29, 1.82) is 0 Å². The predicted molar refractivity (Wildman–Crippen MR) is 103 cm³/mol. The largest absolute Gasteiger partial charge is 0.379 e. The fraction of sp³-hybridized carbons (Fsp3) is 0.632. The number of sulfonamides is 1. The van der Waals surface area contributed by atoms with E-state index in [1.54, 1.807) is 18.2 Å². The summed E-state index contributed by atoms with van der Waals surface area (Å²) in [4.78, 5) is 15.2. The van der Waals surface area contributed by atoms with E-state index in [0.717, 1.165) is 24.9 Å². The second-order valence-corrected chi connectivity index (χ2v) is 8.95. The number of nitrogens with one attached hydrogen (secondary N) is 1. The minimum Gasteiger partial charge on any atom is -0.379 e. The van der Waals surface area contributed by atoms with Gasteiger partial charge in [0.1, 0.15) is 0 Å². The van der Waals surface area contributed by atoms with Gasteiger partial charge in [-0.3, -0.25) is 4.79 Å². The lowest BCUT2D eigenvalue weighted by atomic mass is 10.1. The lowest BCUT2D eigenvalue weighted by molar-refractivity contribution is 0.0727. The highest BCUT2D eigenvalue weighted by molar-refractivity contribution is 7.89. The van der Waals surface area contributed by atoms with Gasteiger partial charge in [-0.15, -0.1) is 0 Å². The van der Waals surface area contributed by atoms with E-state index in [1.807, 2.05) is 18.9 Å². The number of ether oxygens (including phenoxy) is 1. The molecule has 2 saturated heterocycles. The van der Waals surface area contributed by atoms with Crippen LogP contribution in [0.3, 0.4) is 0 Å². The quantitative estimate of drug-likeness (QED) is 0.780. The van der Waals surface area contributed by atoms with Gasteiger partial charge in [0.15, 0.2) is 0 Å². The fourth-order valence-electron chi connectivity index (χ4n) is 3.86. The molecule has 0 aliphatic carbocycles. The van der Waals surface area contributed by atoms with E-state index in [1.165, 1.54) is 4.31 Å². The van der Waals surface area contributed by atoms with Gasteiger partial charge in [-0.2, -0.15) is 4.31 Å². The first-order valence-corrected chi connectivity index (χ1v) is 11.1. The van der Waals surface area contributed by atoms with E-state index < -0.39 is 10.0 Å². The zero-order valence-corrected chi connectivity index (χ0v) is 16.9. The summed E-state index contributed by atoms with van der Waals surface area (Å²) >= 11 is 0. The van der Waals surface area contributed by atoms with Crippen LogP contribution in [0.5, 0.6) is 0 Å². The van der Waals surface area contributed by atoms with Crippen LogP contribution in [-0.2, 0) is 21.2 Å². The number of likely N-dealkylation sites (N-methyl/N-ethyl adjacent to an activating group) is 1. The van der Waals surface area contributed by atoms with Gasteiger partial charge in [0, 0.05) is 37.8 Å². The van der Waals surface area contributed by atoms with Crippen molar-refractivity contribution < 1.29 is 17.9 Å². The maximum absolute atomic E-state index is 13.2. The molecule has 0 spiro atoms. The lowest BCUT2D eigenvalue weighted by Crippen LogP contribution is -2.42. The van der Waals surface area contributed by atoms with Crippen molar-refractivity contribution in [2.75, 3.05) is 46.4 Å². The van der Waals surface area contributed by atoms with Crippen molar-refractivity contribution in [1.82, 2.24) is 14.5 Å². The first-order chi connectivity index (χ1) is 13.0. The van der Waals surface area contributed by atoms with E-state index in [0.29, 0.717) is 44.8 Å². The Balaban J connectivity index is 1.92. The molecule has 1 aromatic rings. The molecule has 2 aliphatic heterocycles. The highest BCUT2D eigenvalue weighted by Gasteiger charge is 2.32. The monoisotopic (exact) mass is 395 g/mol. The number of hydrogen-bond donors (Lipinski definition) is 1. The van der Waals surface area contributed by atoms with Crippen molar-refractivity contribution in [3.05, 3.63) is 29.3 Å². The topological polar surface area (TPSA) is 79.0 Å². The van der Waals surface area contributed by atoms with Crippen LogP contribution in [-0.4, -0.2) is 76.0 Å². The normalized spacial score (nSPS) is 21.6. The van der Waals surface area contributed by atoms with Crippen LogP contribution < -0.4 is 5.32 Å². The first kappa shape index (κ1) is 20.3. The molecule has 3 rings (SSSR count). The van der Waals surface area contributed by atoms with Gasteiger partial charge in [0.05, 0.1) is 18.1 Å².